The van der Waals surface area contributed by atoms with Gasteiger partial charge in [-0.25, -0.2) is 0 Å². The molecule has 0 bridgehead atoms. The topological polar surface area (TPSA) is 0 Å². The largest absolute Gasteiger partial charge is 0.131 e. The predicted molar refractivity (Wildman–Crippen MR) is 141 cm³/mol. The van der Waals surface area contributed by atoms with E-state index in [4.69, 9.17) is 7.85 Å². The van der Waals surface area contributed by atoms with Gasteiger partial charge in [-0.2, -0.15) is 0 Å². The van der Waals surface area contributed by atoms with E-state index in [-0.39, 0.29) is 0 Å². The molecule has 2 aliphatic rings. The summed E-state index contributed by atoms with van der Waals surface area (Å²) in [6.45, 7) is 4.04. The van der Waals surface area contributed by atoms with Gasteiger partial charge in [0.05, 0.1) is 5.41 Å². The highest BCUT2D eigenvalue weighted by molar-refractivity contribution is 7.98. The summed E-state index contributed by atoms with van der Waals surface area (Å²) < 4.78 is 0. The van der Waals surface area contributed by atoms with Crippen LogP contribution in [0.25, 0.3) is 17.2 Å². The zero-order valence-corrected chi connectivity index (χ0v) is 19.2. The molecular formula is C30H25BS. The second-order valence-corrected chi connectivity index (χ2v) is 9.06. The molecule has 1 atom stereocenters. The van der Waals surface area contributed by atoms with Crippen molar-refractivity contribution < 1.29 is 0 Å². The Morgan fingerprint density at radius 2 is 1.78 bits per heavy atom. The minimum atomic E-state index is -0.453. The third-order valence-electron chi connectivity index (χ3n) is 6.73. The van der Waals surface area contributed by atoms with Crippen molar-refractivity contribution in [3.63, 3.8) is 0 Å². The Kier molecular flexibility index (Phi) is 5.57. The smallest absolute Gasteiger partial charge is 0.102 e. The van der Waals surface area contributed by atoms with Crippen molar-refractivity contribution >= 4 is 25.7 Å². The normalized spacial score (nSPS) is 19.0. The molecule has 0 aromatic heterocycles. The minimum absolute atomic E-state index is 0.453. The van der Waals surface area contributed by atoms with Crippen LogP contribution in [0.2, 0.25) is 0 Å². The van der Waals surface area contributed by atoms with Gasteiger partial charge in [0.1, 0.15) is 7.85 Å². The van der Waals surface area contributed by atoms with Crippen LogP contribution in [0, 0.1) is 0 Å². The number of thioether (sulfide) groups is 1. The first kappa shape index (κ1) is 20.9. The molecule has 3 aromatic carbocycles. The van der Waals surface area contributed by atoms with E-state index in [1.54, 1.807) is 17.7 Å². The summed E-state index contributed by atoms with van der Waals surface area (Å²) in [5, 5.41) is 0. The van der Waals surface area contributed by atoms with Gasteiger partial charge in [-0.05, 0) is 69.7 Å². The minimum Gasteiger partial charge on any atom is -0.131 e. The Bertz CT molecular complexity index is 1290. The van der Waals surface area contributed by atoms with Crippen LogP contribution in [0.1, 0.15) is 34.2 Å². The summed E-state index contributed by atoms with van der Waals surface area (Å²) in [5.74, 6) is 1.65. The molecule has 0 nitrogen and oxygen atoms in total. The lowest BCUT2D eigenvalue weighted by molar-refractivity contribution is 0.747. The quantitative estimate of drug-likeness (QED) is 0.231. The maximum atomic E-state index is 6.02. The summed E-state index contributed by atoms with van der Waals surface area (Å²) in [5.41, 5.74) is 10.1. The Hall–Kier alpha value is -2.97. The van der Waals surface area contributed by atoms with Crippen LogP contribution in [-0.4, -0.2) is 14.1 Å². The van der Waals surface area contributed by atoms with E-state index in [2.05, 4.69) is 91.7 Å². The highest BCUT2D eigenvalue weighted by Crippen LogP contribution is 2.59. The molecule has 2 aliphatic carbocycles. The highest BCUT2D eigenvalue weighted by Gasteiger charge is 2.48. The lowest BCUT2D eigenvalue weighted by Gasteiger charge is -2.36. The van der Waals surface area contributed by atoms with Crippen LogP contribution in [0.5, 0.6) is 0 Å². The van der Waals surface area contributed by atoms with Gasteiger partial charge in [-0.1, -0.05) is 91.6 Å². The van der Waals surface area contributed by atoms with Gasteiger partial charge in [0.25, 0.3) is 0 Å². The van der Waals surface area contributed by atoms with E-state index in [0.717, 1.165) is 18.4 Å². The molecule has 3 aromatic rings. The standard InChI is InChI=1S/C30H25BS/c1-3-10-22(19-20-31)30(26-15-8-9-16-28(26)32-2)25-14-7-6-13-24(25)29-23-12-5-4-11-21(23)17-18-27(29)30/h3-4,6-11,13-20H,1,5,12H2,2H3/b20-19-,22-10+. The molecule has 0 aliphatic heterocycles. The summed E-state index contributed by atoms with van der Waals surface area (Å²) in [4.78, 5) is 1.27. The molecule has 2 heteroatoms. The Morgan fingerprint density at radius 3 is 2.56 bits per heavy atom. The highest BCUT2D eigenvalue weighted by atomic mass is 32.2. The van der Waals surface area contributed by atoms with Gasteiger partial charge in [0.15, 0.2) is 0 Å². The fourth-order valence-corrected chi connectivity index (χ4v) is 6.22. The van der Waals surface area contributed by atoms with Gasteiger partial charge in [-0.3, -0.25) is 0 Å². The second kappa shape index (κ2) is 8.52. The Labute approximate surface area is 196 Å². The van der Waals surface area contributed by atoms with E-state index in [9.17, 15) is 0 Å². The second-order valence-electron chi connectivity index (χ2n) is 8.21. The van der Waals surface area contributed by atoms with Crippen LogP contribution < -0.4 is 0 Å². The SMILES string of the molecule is [B]/C=C\C(=C/C=C)C1(c2ccccc2SC)c2ccccc2-c2c1ccc1c2CCC=C1. The molecule has 0 spiro atoms. The van der Waals surface area contributed by atoms with Crippen molar-refractivity contribution in [2.45, 2.75) is 23.2 Å². The lowest BCUT2D eigenvalue weighted by atomic mass is 9.66. The zero-order chi connectivity index (χ0) is 22.1. The van der Waals surface area contributed by atoms with Crippen molar-refractivity contribution in [1.29, 1.82) is 0 Å². The summed E-state index contributed by atoms with van der Waals surface area (Å²) >= 11 is 1.79. The van der Waals surface area contributed by atoms with E-state index >= 15 is 0 Å². The van der Waals surface area contributed by atoms with Gasteiger partial charge < -0.3 is 0 Å². The number of rotatable bonds is 5. The number of fused-ring (bicyclic) bond motifs is 5. The molecule has 2 radical (unpaired) electrons. The van der Waals surface area contributed by atoms with Gasteiger partial charge in [0.2, 0.25) is 0 Å². The molecule has 0 saturated heterocycles. The van der Waals surface area contributed by atoms with E-state index in [1.807, 2.05) is 12.2 Å². The molecule has 0 saturated carbocycles. The maximum absolute atomic E-state index is 6.02. The molecule has 0 heterocycles. The van der Waals surface area contributed by atoms with E-state index in [0.29, 0.717) is 0 Å². The maximum Gasteiger partial charge on any atom is 0.102 e. The number of hydrogen-bond acceptors (Lipinski definition) is 1. The number of allylic oxidation sites excluding steroid dienone is 5. The first-order chi connectivity index (χ1) is 15.8. The molecule has 0 amide bonds. The van der Waals surface area contributed by atoms with Gasteiger partial charge in [0, 0.05) is 4.90 Å². The van der Waals surface area contributed by atoms with Gasteiger partial charge in [-0.15, -0.1) is 17.7 Å². The third kappa shape index (κ3) is 2.93. The molecule has 32 heavy (non-hydrogen) atoms. The van der Waals surface area contributed by atoms with Crippen molar-refractivity contribution in [2.24, 2.45) is 0 Å². The average molecular weight is 428 g/mol. The molecule has 0 fully saturated rings. The Balaban J connectivity index is 2.00. The van der Waals surface area contributed by atoms with Crippen molar-refractivity contribution in [2.75, 3.05) is 6.26 Å². The van der Waals surface area contributed by atoms with Crippen LogP contribution in [0.15, 0.2) is 108 Å². The molecule has 1 unspecified atom stereocenters. The summed E-state index contributed by atoms with van der Waals surface area (Å²) in [6, 6.07) is 22.3. The zero-order valence-electron chi connectivity index (χ0n) is 18.3. The van der Waals surface area contributed by atoms with Gasteiger partial charge >= 0.3 is 0 Å². The molecule has 0 N–H and O–H groups in total. The number of hydrogen-bond donors (Lipinski definition) is 0. The predicted octanol–water partition coefficient (Wildman–Crippen LogP) is 7.48. The first-order valence-corrected chi connectivity index (χ1v) is 12.3. The van der Waals surface area contributed by atoms with Crippen molar-refractivity contribution in [1.82, 2.24) is 0 Å². The van der Waals surface area contributed by atoms with Crippen LogP contribution in [0.3, 0.4) is 0 Å². The molecular weight excluding hydrogens is 403 g/mol. The molecule has 5 rings (SSSR count). The summed E-state index contributed by atoms with van der Waals surface area (Å²) in [6.07, 6.45) is 14.9. The summed E-state index contributed by atoms with van der Waals surface area (Å²) in [7, 11) is 6.02. The van der Waals surface area contributed by atoms with Crippen molar-refractivity contribution in [3.05, 3.63) is 131 Å². The fraction of sp³-hybridized carbons (Fsp3) is 0.133. The van der Waals surface area contributed by atoms with Crippen LogP contribution in [-0.2, 0) is 11.8 Å². The van der Waals surface area contributed by atoms with Crippen molar-refractivity contribution in [3.8, 4) is 11.1 Å². The Morgan fingerprint density at radius 1 is 1.00 bits per heavy atom. The molecule has 154 valence electrons. The average Bonchev–Trinajstić information content (AvgIpc) is 3.15. The lowest BCUT2D eigenvalue weighted by Crippen LogP contribution is -2.30. The number of benzene rings is 3. The third-order valence-corrected chi connectivity index (χ3v) is 7.52. The van der Waals surface area contributed by atoms with E-state index < -0.39 is 5.41 Å². The first-order valence-electron chi connectivity index (χ1n) is 11.0. The van der Waals surface area contributed by atoms with E-state index in [1.165, 1.54) is 43.8 Å². The van der Waals surface area contributed by atoms with Crippen LogP contribution in [0.4, 0.5) is 0 Å². The monoisotopic (exact) mass is 428 g/mol. The fourth-order valence-electron chi connectivity index (χ4n) is 5.57. The van der Waals surface area contributed by atoms with Crippen LogP contribution >= 0.6 is 11.8 Å².